The summed E-state index contributed by atoms with van der Waals surface area (Å²) in [5.41, 5.74) is -0.0139. The van der Waals surface area contributed by atoms with Crippen molar-refractivity contribution in [2.24, 2.45) is 5.14 Å². The Balaban J connectivity index is 3.24. The Bertz CT molecular complexity index is 319. The van der Waals surface area contributed by atoms with Crippen LogP contribution in [0.15, 0.2) is 28.0 Å². The summed E-state index contributed by atoms with van der Waals surface area (Å²) in [5, 5.41) is 5.32. The molecular formula is C8H12N2OS. The highest BCUT2D eigenvalue weighted by molar-refractivity contribution is 7.97. The SMILES string of the molecule is CC(C)n1cccc(SN)c1=O. The lowest BCUT2D eigenvalue weighted by atomic mass is 10.3. The van der Waals surface area contributed by atoms with Crippen LogP contribution < -0.4 is 10.7 Å². The predicted molar refractivity (Wildman–Crippen MR) is 51.1 cm³/mol. The van der Waals surface area contributed by atoms with Crippen molar-refractivity contribution in [2.45, 2.75) is 24.8 Å². The van der Waals surface area contributed by atoms with E-state index in [-0.39, 0.29) is 11.6 Å². The smallest absolute Gasteiger partial charge is 0.265 e. The van der Waals surface area contributed by atoms with E-state index < -0.39 is 0 Å². The molecule has 0 aliphatic rings. The zero-order chi connectivity index (χ0) is 9.14. The van der Waals surface area contributed by atoms with Crippen LogP contribution in [-0.2, 0) is 0 Å². The van der Waals surface area contributed by atoms with Gasteiger partial charge >= 0.3 is 0 Å². The number of nitrogens with zero attached hydrogens (tertiary/aromatic N) is 1. The summed E-state index contributed by atoms with van der Waals surface area (Å²) in [4.78, 5) is 12.1. The van der Waals surface area contributed by atoms with Crippen LogP contribution in [0, 0.1) is 0 Å². The maximum Gasteiger partial charge on any atom is 0.265 e. The van der Waals surface area contributed by atoms with E-state index in [1.165, 1.54) is 0 Å². The summed E-state index contributed by atoms with van der Waals surface area (Å²) in [6.45, 7) is 3.93. The lowest BCUT2D eigenvalue weighted by Gasteiger charge is -2.09. The highest BCUT2D eigenvalue weighted by atomic mass is 32.2. The first-order chi connectivity index (χ1) is 5.66. The zero-order valence-electron chi connectivity index (χ0n) is 7.15. The third kappa shape index (κ3) is 1.70. The maximum absolute atomic E-state index is 11.5. The normalized spacial score (nSPS) is 10.7. The molecule has 4 heteroatoms. The zero-order valence-corrected chi connectivity index (χ0v) is 7.97. The first kappa shape index (κ1) is 9.35. The molecule has 1 heterocycles. The van der Waals surface area contributed by atoms with E-state index in [0.29, 0.717) is 4.90 Å². The lowest BCUT2D eigenvalue weighted by Crippen LogP contribution is -2.22. The lowest BCUT2D eigenvalue weighted by molar-refractivity contribution is 0.570. The van der Waals surface area contributed by atoms with Crippen molar-refractivity contribution in [2.75, 3.05) is 0 Å². The maximum atomic E-state index is 11.5. The standard InChI is InChI=1S/C8H12N2OS/c1-6(2)10-5-3-4-7(12-9)8(10)11/h3-6H,9H2,1-2H3. The topological polar surface area (TPSA) is 48.0 Å². The van der Waals surface area contributed by atoms with Crippen LogP contribution in [0.5, 0.6) is 0 Å². The Kier molecular flexibility index (Phi) is 2.94. The average Bonchev–Trinajstić information content (AvgIpc) is 2.04. The highest BCUT2D eigenvalue weighted by Crippen LogP contribution is 2.06. The van der Waals surface area contributed by atoms with Gasteiger partial charge in [-0.3, -0.25) is 9.93 Å². The molecule has 2 N–H and O–H groups in total. The van der Waals surface area contributed by atoms with Gasteiger partial charge in [0.15, 0.2) is 0 Å². The van der Waals surface area contributed by atoms with E-state index in [4.69, 9.17) is 5.14 Å². The van der Waals surface area contributed by atoms with Gasteiger partial charge in [0.1, 0.15) is 0 Å². The molecule has 66 valence electrons. The van der Waals surface area contributed by atoms with Gasteiger partial charge in [-0.25, -0.2) is 0 Å². The summed E-state index contributed by atoms with van der Waals surface area (Å²) in [6, 6.07) is 3.74. The molecule has 3 nitrogen and oxygen atoms in total. The van der Waals surface area contributed by atoms with E-state index in [1.807, 2.05) is 19.9 Å². The van der Waals surface area contributed by atoms with Crippen LogP contribution >= 0.6 is 11.9 Å². The van der Waals surface area contributed by atoms with Gasteiger partial charge in [0.25, 0.3) is 5.56 Å². The number of rotatable bonds is 2. The Morgan fingerprint density at radius 3 is 2.75 bits per heavy atom. The molecule has 0 aliphatic carbocycles. The number of hydrogen-bond donors (Lipinski definition) is 1. The summed E-state index contributed by atoms with van der Waals surface area (Å²) < 4.78 is 1.66. The molecule has 0 radical (unpaired) electrons. The molecule has 0 spiro atoms. The van der Waals surface area contributed by atoms with Gasteiger partial charge in [0, 0.05) is 12.2 Å². The van der Waals surface area contributed by atoms with E-state index >= 15 is 0 Å². The minimum absolute atomic E-state index is 0.0139. The molecule has 0 fully saturated rings. The molecule has 0 saturated heterocycles. The van der Waals surface area contributed by atoms with Crippen LogP contribution in [0.25, 0.3) is 0 Å². The van der Waals surface area contributed by atoms with Gasteiger partial charge in [-0.2, -0.15) is 0 Å². The quantitative estimate of drug-likeness (QED) is 0.707. The highest BCUT2D eigenvalue weighted by Gasteiger charge is 2.03. The Labute approximate surface area is 75.7 Å². The van der Waals surface area contributed by atoms with Crippen LogP contribution in [-0.4, -0.2) is 4.57 Å². The summed E-state index contributed by atoms with van der Waals surface area (Å²) in [6.07, 6.45) is 1.77. The average molecular weight is 184 g/mol. The molecule has 1 rings (SSSR count). The van der Waals surface area contributed by atoms with E-state index in [2.05, 4.69) is 0 Å². The third-order valence-electron chi connectivity index (χ3n) is 1.62. The van der Waals surface area contributed by atoms with Gasteiger partial charge in [0.05, 0.1) is 4.90 Å². The summed E-state index contributed by atoms with van der Waals surface area (Å²) >= 11 is 0.994. The van der Waals surface area contributed by atoms with E-state index in [0.717, 1.165) is 11.9 Å². The minimum atomic E-state index is -0.0139. The summed E-state index contributed by atoms with van der Waals surface area (Å²) in [5.74, 6) is 0. The van der Waals surface area contributed by atoms with Gasteiger partial charge in [-0.15, -0.1) is 0 Å². The van der Waals surface area contributed by atoms with Crippen molar-refractivity contribution in [1.82, 2.24) is 4.57 Å². The molecule has 1 aromatic heterocycles. The van der Waals surface area contributed by atoms with E-state index in [9.17, 15) is 4.79 Å². The molecule has 12 heavy (non-hydrogen) atoms. The van der Waals surface area contributed by atoms with Crippen molar-refractivity contribution < 1.29 is 0 Å². The molecule has 0 amide bonds. The predicted octanol–water partition coefficient (Wildman–Crippen LogP) is 1.40. The number of nitrogens with two attached hydrogens (primary N) is 1. The molecule has 0 unspecified atom stereocenters. The van der Waals surface area contributed by atoms with Crippen LogP contribution in [0.2, 0.25) is 0 Å². The fourth-order valence-corrected chi connectivity index (χ4v) is 1.35. The van der Waals surface area contributed by atoms with Gasteiger partial charge in [-0.05, 0) is 37.9 Å². The number of hydrogen-bond acceptors (Lipinski definition) is 3. The van der Waals surface area contributed by atoms with E-state index in [1.54, 1.807) is 16.8 Å². The second-order valence-electron chi connectivity index (χ2n) is 2.80. The molecule has 0 aromatic carbocycles. The molecule has 1 aromatic rings. The van der Waals surface area contributed by atoms with Gasteiger partial charge in [-0.1, -0.05) is 0 Å². The number of pyridine rings is 1. The van der Waals surface area contributed by atoms with Crippen LogP contribution in [0.1, 0.15) is 19.9 Å². The number of aromatic nitrogens is 1. The molecule has 0 saturated carbocycles. The Hall–Kier alpha value is -0.740. The van der Waals surface area contributed by atoms with Gasteiger partial charge < -0.3 is 4.57 Å². The molecule has 0 bridgehead atoms. The van der Waals surface area contributed by atoms with Crippen molar-refractivity contribution in [3.05, 3.63) is 28.7 Å². The van der Waals surface area contributed by atoms with Crippen LogP contribution in [0.4, 0.5) is 0 Å². The van der Waals surface area contributed by atoms with Crippen molar-refractivity contribution >= 4 is 11.9 Å². The molecular weight excluding hydrogens is 172 g/mol. The summed E-state index contributed by atoms with van der Waals surface area (Å²) in [7, 11) is 0. The van der Waals surface area contributed by atoms with Crippen molar-refractivity contribution in [3.8, 4) is 0 Å². The molecule has 0 aliphatic heterocycles. The first-order valence-corrected chi connectivity index (χ1v) is 4.62. The van der Waals surface area contributed by atoms with Crippen molar-refractivity contribution in [1.29, 1.82) is 0 Å². The fourth-order valence-electron chi connectivity index (χ4n) is 0.986. The van der Waals surface area contributed by atoms with Crippen LogP contribution in [0.3, 0.4) is 0 Å². The van der Waals surface area contributed by atoms with Crippen molar-refractivity contribution in [3.63, 3.8) is 0 Å². The third-order valence-corrected chi connectivity index (χ3v) is 2.19. The Morgan fingerprint density at radius 2 is 2.25 bits per heavy atom. The van der Waals surface area contributed by atoms with Gasteiger partial charge in [0.2, 0.25) is 0 Å². The fraction of sp³-hybridized carbons (Fsp3) is 0.375. The molecule has 0 atom stereocenters. The second kappa shape index (κ2) is 3.78. The first-order valence-electron chi connectivity index (χ1n) is 3.74. The monoisotopic (exact) mass is 184 g/mol. The largest absolute Gasteiger partial charge is 0.312 e. The second-order valence-corrected chi connectivity index (χ2v) is 3.47. The Morgan fingerprint density at radius 1 is 1.58 bits per heavy atom. The minimum Gasteiger partial charge on any atom is -0.312 e.